The number of anilines is 1. The molecule has 0 bridgehead atoms. The molecule has 1 aliphatic carbocycles. The minimum absolute atomic E-state index is 0.0441. The Hall–Kier alpha value is -1.82. The van der Waals surface area contributed by atoms with Gasteiger partial charge in [-0.15, -0.1) is 0 Å². The smallest absolute Gasteiger partial charge is 0.172 e. The van der Waals surface area contributed by atoms with Crippen molar-refractivity contribution in [1.29, 1.82) is 0 Å². The van der Waals surface area contributed by atoms with Gasteiger partial charge in [0.1, 0.15) is 0 Å². The van der Waals surface area contributed by atoms with Crippen molar-refractivity contribution in [3.8, 4) is 0 Å². The highest BCUT2D eigenvalue weighted by molar-refractivity contribution is 6.01. The molecule has 0 saturated heterocycles. The highest BCUT2D eigenvalue weighted by atomic mass is 16.4. The molecule has 0 radical (unpaired) electrons. The fraction of sp³-hybridized carbons (Fsp3) is 0.538. The molecule has 1 aliphatic rings. The van der Waals surface area contributed by atoms with Crippen LogP contribution >= 0.6 is 0 Å². The highest BCUT2D eigenvalue weighted by Gasteiger charge is 2.32. The minimum Gasteiger partial charge on any atom is -0.409 e. The van der Waals surface area contributed by atoms with E-state index in [1.807, 2.05) is 11.9 Å². The van der Waals surface area contributed by atoms with Crippen LogP contribution in [0.3, 0.4) is 0 Å². The quantitative estimate of drug-likeness (QED) is 0.325. The van der Waals surface area contributed by atoms with Crippen molar-refractivity contribution >= 4 is 11.5 Å². The third kappa shape index (κ3) is 2.96. The van der Waals surface area contributed by atoms with Gasteiger partial charge in [-0.3, -0.25) is 4.98 Å². The Balaban J connectivity index is 2.21. The summed E-state index contributed by atoms with van der Waals surface area (Å²) in [6.45, 7) is 0.518. The zero-order valence-electron chi connectivity index (χ0n) is 11.1. The van der Waals surface area contributed by atoms with Gasteiger partial charge in [-0.2, -0.15) is 0 Å². The summed E-state index contributed by atoms with van der Waals surface area (Å²) >= 11 is 0. The van der Waals surface area contributed by atoms with Gasteiger partial charge in [0.25, 0.3) is 0 Å². The maximum absolute atomic E-state index is 10.4. The molecular weight excluding hydrogens is 244 g/mol. The van der Waals surface area contributed by atoms with Crippen LogP contribution in [0.1, 0.15) is 31.2 Å². The van der Waals surface area contributed by atoms with Crippen LogP contribution < -0.4 is 10.6 Å². The van der Waals surface area contributed by atoms with Crippen molar-refractivity contribution < 1.29 is 10.3 Å². The Labute approximate surface area is 112 Å². The number of nitrogens with zero attached hydrogens (tertiary/aromatic N) is 3. The minimum atomic E-state index is -0.646. The molecule has 104 valence electrons. The topological polar surface area (TPSA) is 95.0 Å². The van der Waals surface area contributed by atoms with E-state index in [0.717, 1.165) is 31.4 Å². The summed E-state index contributed by atoms with van der Waals surface area (Å²) < 4.78 is 0. The fourth-order valence-electron chi connectivity index (χ4n) is 2.68. The van der Waals surface area contributed by atoms with E-state index in [1.165, 1.54) is 0 Å². The molecule has 0 aromatic carbocycles. The van der Waals surface area contributed by atoms with Gasteiger partial charge < -0.3 is 20.9 Å². The van der Waals surface area contributed by atoms with Crippen LogP contribution in [0.15, 0.2) is 23.6 Å². The molecular formula is C13H20N4O2. The normalized spacial score (nSPS) is 18.5. The van der Waals surface area contributed by atoms with E-state index in [2.05, 4.69) is 10.1 Å². The van der Waals surface area contributed by atoms with E-state index in [4.69, 9.17) is 10.9 Å². The zero-order chi connectivity index (χ0) is 13.9. The maximum atomic E-state index is 10.4. The van der Waals surface area contributed by atoms with Crippen LogP contribution in [-0.2, 0) is 0 Å². The number of hydrogen-bond donors (Lipinski definition) is 3. The number of rotatable bonds is 4. The van der Waals surface area contributed by atoms with Crippen LogP contribution in [0.5, 0.6) is 0 Å². The van der Waals surface area contributed by atoms with Gasteiger partial charge in [0.05, 0.1) is 17.5 Å². The van der Waals surface area contributed by atoms with E-state index in [-0.39, 0.29) is 5.84 Å². The fourth-order valence-corrected chi connectivity index (χ4v) is 2.68. The average molecular weight is 264 g/mol. The van der Waals surface area contributed by atoms with E-state index in [0.29, 0.717) is 12.1 Å². The lowest BCUT2D eigenvalue weighted by Crippen LogP contribution is -2.40. The summed E-state index contributed by atoms with van der Waals surface area (Å²) in [6, 6.07) is 1.69. The molecule has 1 aromatic rings. The van der Waals surface area contributed by atoms with Gasteiger partial charge in [-0.05, 0) is 18.9 Å². The lowest BCUT2D eigenvalue weighted by atomic mass is 10.0. The van der Waals surface area contributed by atoms with Crippen molar-refractivity contribution in [1.82, 2.24) is 4.98 Å². The van der Waals surface area contributed by atoms with Crippen LogP contribution in [0.4, 0.5) is 5.69 Å². The zero-order valence-corrected chi connectivity index (χ0v) is 11.1. The lowest BCUT2D eigenvalue weighted by molar-refractivity contribution is 0.0559. The maximum Gasteiger partial charge on any atom is 0.172 e. The van der Waals surface area contributed by atoms with E-state index in [1.54, 1.807) is 18.5 Å². The third-order valence-electron chi connectivity index (χ3n) is 3.66. The predicted octanol–water partition coefficient (Wildman–Crippen LogP) is 0.917. The first kappa shape index (κ1) is 13.6. The first-order chi connectivity index (χ1) is 9.06. The van der Waals surface area contributed by atoms with Gasteiger partial charge in [0.15, 0.2) is 5.84 Å². The standard InChI is InChI=1S/C13H20N4O2/c1-17(9-13(18)5-2-3-6-13)11-8-15-7-4-10(11)12(14)16-19/h4,7-8,18-19H,2-3,5-6,9H2,1H3,(H2,14,16). The molecule has 2 rings (SSSR count). The molecule has 1 saturated carbocycles. The largest absolute Gasteiger partial charge is 0.409 e. The molecule has 6 heteroatoms. The highest BCUT2D eigenvalue weighted by Crippen LogP contribution is 2.31. The second-order valence-corrected chi connectivity index (χ2v) is 5.17. The number of pyridine rings is 1. The molecule has 19 heavy (non-hydrogen) atoms. The summed E-state index contributed by atoms with van der Waals surface area (Å²) in [6.07, 6.45) is 7.00. The SMILES string of the molecule is CN(CC1(O)CCCC1)c1cnccc1/C(N)=N/O. The van der Waals surface area contributed by atoms with E-state index >= 15 is 0 Å². The molecule has 1 aromatic heterocycles. The van der Waals surface area contributed by atoms with Crippen molar-refractivity contribution in [3.05, 3.63) is 24.0 Å². The van der Waals surface area contributed by atoms with Crippen LogP contribution in [0.2, 0.25) is 0 Å². The number of aromatic nitrogens is 1. The van der Waals surface area contributed by atoms with E-state index < -0.39 is 5.60 Å². The summed E-state index contributed by atoms with van der Waals surface area (Å²) in [5.41, 5.74) is 6.37. The predicted molar refractivity (Wildman–Crippen MR) is 73.4 cm³/mol. The Bertz CT molecular complexity index is 469. The Morgan fingerprint density at radius 2 is 2.21 bits per heavy atom. The number of nitrogens with two attached hydrogens (primary N) is 1. The molecule has 6 nitrogen and oxygen atoms in total. The molecule has 0 spiro atoms. The number of likely N-dealkylation sites (N-methyl/N-ethyl adjacent to an activating group) is 1. The molecule has 0 amide bonds. The summed E-state index contributed by atoms with van der Waals surface area (Å²) in [7, 11) is 1.88. The second kappa shape index (κ2) is 5.44. The lowest BCUT2D eigenvalue weighted by Gasteiger charge is -2.30. The Morgan fingerprint density at radius 1 is 1.53 bits per heavy atom. The van der Waals surface area contributed by atoms with Gasteiger partial charge in [0.2, 0.25) is 0 Å². The molecule has 1 fully saturated rings. The summed E-state index contributed by atoms with van der Waals surface area (Å²) in [4.78, 5) is 5.97. The van der Waals surface area contributed by atoms with Gasteiger partial charge in [-0.25, -0.2) is 0 Å². The third-order valence-corrected chi connectivity index (χ3v) is 3.66. The summed E-state index contributed by atoms with van der Waals surface area (Å²) in [5, 5.41) is 22.3. The van der Waals surface area contributed by atoms with Gasteiger partial charge in [-0.1, -0.05) is 18.0 Å². The van der Waals surface area contributed by atoms with Crippen molar-refractivity contribution in [2.75, 3.05) is 18.5 Å². The Kier molecular flexibility index (Phi) is 3.90. The van der Waals surface area contributed by atoms with Crippen LogP contribution in [0.25, 0.3) is 0 Å². The summed E-state index contributed by atoms with van der Waals surface area (Å²) in [5.74, 6) is 0.0441. The molecule has 0 aliphatic heterocycles. The van der Waals surface area contributed by atoms with Crippen LogP contribution in [-0.4, -0.2) is 40.3 Å². The number of oxime groups is 1. The van der Waals surface area contributed by atoms with Gasteiger partial charge >= 0.3 is 0 Å². The monoisotopic (exact) mass is 264 g/mol. The number of hydrogen-bond acceptors (Lipinski definition) is 5. The van der Waals surface area contributed by atoms with Crippen LogP contribution in [0, 0.1) is 0 Å². The first-order valence-electron chi connectivity index (χ1n) is 6.41. The van der Waals surface area contributed by atoms with Crippen molar-refractivity contribution in [2.45, 2.75) is 31.3 Å². The average Bonchev–Trinajstić information content (AvgIpc) is 2.84. The molecule has 0 unspecified atom stereocenters. The number of amidine groups is 1. The van der Waals surface area contributed by atoms with Gasteiger partial charge in [0, 0.05) is 25.4 Å². The van der Waals surface area contributed by atoms with Crippen molar-refractivity contribution in [2.24, 2.45) is 10.9 Å². The van der Waals surface area contributed by atoms with Crippen molar-refractivity contribution in [3.63, 3.8) is 0 Å². The molecule has 4 N–H and O–H groups in total. The molecule has 1 heterocycles. The number of aliphatic hydroxyl groups is 1. The van der Waals surface area contributed by atoms with E-state index in [9.17, 15) is 5.11 Å². The molecule has 0 atom stereocenters. The Morgan fingerprint density at radius 3 is 2.84 bits per heavy atom. The second-order valence-electron chi connectivity index (χ2n) is 5.17. The first-order valence-corrected chi connectivity index (χ1v) is 6.41.